The molecule has 190 valence electrons. The summed E-state index contributed by atoms with van der Waals surface area (Å²) in [4.78, 5) is 36.7. The van der Waals surface area contributed by atoms with Crippen molar-refractivity contribution in [3.05, 3.63) is 11.8 Å². The molecule has 0 bridgehead atoms. The molecule has 10 heteroatoms. The molecule has 0 aliphatic carbocycles. The van der Waals surface area contributed by atoms with Gasteiger partial charge < -0.3 is 23.7 Å². The fourth-order valence-corrected chi connectivity index (χ4v) is 3.42. The van der Waals surface area contributed by atoms with E-state index in [1.165, 1.54) is 10.5 Å². The van der Waals surface area contributed by atoms with Crippen molar-refractivity contribution < 1.29 is 32.7 Å². The number of carbonyl (C=O) groups excluding carboxylic acids is 3. The lowest BCUT2D eigenvalue weighted by Gasteiger charge is -2.24. The highest BCUT2D eigenvalue weighted by molar-refractivity contribution is 6.69. The molecule has 8 nitrogen and oxygen atoms in total. The predicted octanol–water partition coefficient (Wildman–Crippen LogP) is 4.90. The molecular weight excluding hydrogens is 447 g/mol. The third-order valence-corrected chi connectivity index (χ3v) is 5.27. The van der Waals surface area contributed by atoms with Crippen molar-refractivity contribution in [1.82, 2.24) is 9.80 Å². The van der Waals surface area contributed by atoms with E-state index in [2.05, 4.69) is 19.6 Å². The second-order valence-electron chi connectivity index (χ2n) is 11.5. The molecule has 1 atom stereocenters. The zero-order chi connectivity index (χ0) is 25.7. The lowest BCUT2D eigenvalue weighted by Crippen LogP contribution is -2.38. The molecule has 2 fully saturated rings. The molecule has 0 aromatic rings. The molecule has 0 aromatic heterocycles. The number of carbonyl (C=O) groups is 3. The van der Waals surface area contributed by atoms with Crippen molar-refractivity contribution in [2.75, 3.05) is 26.2 Å². The first kappa shape index (κ1) is 28.9. The number of rotatable bonds is 3. The van der Waals surface area contributed by atoms with Crippen LogP contribution >= 0.6 is 0 Å². The summed E-state index contributed by atoms with van der Waals surface area (Å²) < 4.78 is 29.6. The van der Waals surface area contributed by atoms with Gasteiger partial charge in [0.05, 0.1) is 12.8 Å². The van der Waals surface area contributed by atoms with E-state index in [0.717, 1.165) is 13.0 Å². The fourth-order valence-electron chi connectivity index (χ4n) is 2.90. The Labute approximate surface area is 198 Å². The van der Waals surface area contributed by atoms with Gasteiger partial charge >= 0.3 is 12.2 Å². The monoisotopic (exact) mass is 488 g/mol. The largest absolute Gasteiger partial charge is 0.550 e. The van der Waals surface area contributed by atoms with Crippen LogP contribution in [0.4, 0.5) is 14.0 Å². The maximum atomic E-state index is 13.5. The lowest BCUT2D eigenvalue weighted by molar-refractivity contribution is -0.117. The summed E-state index contributed by atoms with van der Waals surface area (Å²) >= 11 is 0. The molecule has 1 unspecified atom stereocenters. The molecule has 33 heavy (non-hydrogen) atoms. The van der Waals surface area contributed by atoms with Crippen LogP contribution in [0.1, 0.15) is 54.4 Å². The average molecular weight is 489 g/mol. The first-order chi connectivity index (χ1) is 14.8. The van der Waals surface area contributed by atoms with Crippen molar-refractivity contribution in [3.63, 3.8) is 0 Å². The molecule has 0 radical (unpaired) electrons. The maximum absolute atomic E-state index is 13.5. The number of halogens is 1. The highest BCUT2D eigenvalue weighted by Crippen LogP contribution is 2.25. The topological polar surface area (TPSA) is 85.4 Å². The molecule has 2 rings (SSSR count). The molecule has 0 aromatic carbocycles. The maximum Gasteiger partial charge on any atom is 0.410 e. The molecule has 2 saturated heterocycles. The zero-order valence-corrected chi connectivity index (χ0v) is 22.6. The van der Waals surface area contributed by atoms with E-state index in [0.29, 0.717) is 6.54 Å². The van der Waals surface area contributed by atoms with E-state index < -0.39 is 31.3 Å². The van der Waals surface area contributed by atoms with E-state index in [9.17, 15) is 18.8 Å². The third kappa shape index (κ3) is 11.5. The van der Waals surface area contributed by atoms with Gasteiger partial charge in [-0.05, 0) is 73.2 Å². The minimum absolute atomic E-state index is 0.0513. The molecule has 2 heterocycles. The highest BCUT2D eigenvalue weighted by Gasteiger charge is 2.41. The Balaban J connectivity index is 0.000000335. The Hall–Kier alpha value is -2.10. The normalized spacial score (nSPS) is 22.5. The van der Waals surface area contributed by atoms with Crippen molar-refractivity contribution in [1.29, 1.82) is 0 Å². The van der Waals surface area contributed by atoms with Gasteiger partial charge in [0.25, 0.3) is 0 Å². The van der Waals surface area contributed by atoms with Gasteiger partial charge in [0.1, 0.15) is 11.2 Å². The van der Waals surface area contributed by atoms with Gasteiger partial charge in [-0.2, -0.15) is 0 Å². The Morgan fingerprint density at radius 2 is 1.48 bits per heavy atom. The Morgan fingerprint density at radius 3 is 1.91 bits per heavy atom. The summed E-state index contributed by atoms with van der Waals surface area (Å²) in [6, 6.07) is 0. The van der Waals surface area contributed by atoms with Crippen molar-refractivity contribution >= 4 is 26.8 Å². The second kappa shape index (κ2) is 10.9. The third-order valence-electron chi connectivity index (χ3n) is 4.44. The van der Waals surface area contributed by atoms with Crippen LogP contribution in [0.2, 0.25) is 19.6 Å². The number of nitrogens with zero attached hydrogens (tertiary/aromatic N) is 2. The van der Waals surface area contributed by atoms with Gasteiger partial charge in [0.2, 0.25) is 8.32 Å². The second-order valence-corrected chi connectivity index (χ2v) is 15.9. The standard InChI is InChI=1S/C13H25NO3Si.C10H16FNO3/c1-13(2,3)17-12(15)14-8-7-11(9-14)10-16-18(4,5)6;1-9(2,3)15-8(14)12-5-4-10(11,6-12)7-13/h10H,7-9H2,1-6H3;7H,4-6H2,1-3H3. The summed E-state index contributed by atoms with van der Waals surface area (Å²) in [5.74, 6) is 0. The van der Waals surface area contributed by atoms with E-state index in [1.807, 2.05) is 27.0 Å². The van der Waals surface area contributed by atoms with Gasteiger partial charge in [-0.15, -0.1) is 0 Å². The average Bonchev–Trinajstić information content (AvgIpc) is 3.25. The molecule has 2 aliphatic heterocycles. The number of hydrogen-bond acceptors (Lipinski definition) is 6. The smallest absolute Gasteiger partial charge is 0.410 e. The molecule has 2 amide bonds. The first-order valence-electron chi connectivity index (χ1n) is 11.3. The molecule has 0 saturated carbocycles. The van der Waals surface area contributed by atoms with Crippen LogP contribution in [0, 0.1) is 0 Å². The Morgan fingerprint density at radius 1 is 0.970 bits per heavy atom. The lowest BCUT2D eigenvalue weighted by atomic mass is 10.1. The highest BCUT2D eigenvalue weighted by atomic mass is 28.4. The number of amides is 2. The van der Waals surface area contributed by atoms with E-state index >= 15 is 0 Å². The minimum Gasteiger partial charge on any atom is -0.550 e. The van der Waals surface area contributed by atoms with E-state index in [1.54, 1.807) is 25.7 Å². The van der Waals surface area contributed by atoms with Gasteiger partial charge in [0.15, 0.2) is 12.0 Å². The van der Waals surface area contributed by atoms with Gasteiger partial charge in [-0.1, -0.05) is 0 Å². The van der Waals surface area contributed by atoms with E-state index in [4.69, 9.17) is 13.9 Å². The number of alkyl halides is 1. The van der Waals surface area contributed by atoms with Crippen LogP contribution in [-0.2, 0) is 18.7 Å². The zero-order valence-electron chi connectivity index (χ0n) is 21.6. The Bertz CT molecular complexity index is 739. The van der Waals surface area contributed by atoms with Crippen LogP contribution in [0.25, 0.3) is 0 Å². The fraction of sp³-hybridized carbons (Fsp3) is 0.783. The van der Waals surface area contributed by atoms with Crippen LogP contribution in [0.15, 0.2) is 11.8 Å². The van der Waals surface area contributed by atoms with Crippen molar-refractivity contribution in [2.24, 2.45) is 0 Å². The van der Waals surface area contributed by atoms with Crippen LogP contribution in [0.3, 0.4) is 0 Å². The summed E-state index contributed by atoms with van der Waals surface area (Å²) in [5, 5.41) is 0. The molecule has 0 spiro atoms. The molecule has 2 aliphatic rings. The predicted molar refractivity (Wildman–Crippen MR) is 127 cm³/mol. The number of hydrogen-bond donors (Lipinski definition) is 0. The number of aldehydes is 1. The molecular formula is C23H41FN2O6Si. The van der Waals surface area contributed by atoms with E-state index in [-0.39, 0.29) is 31.9 Å². The summed E-state index contributed by atoms with van der Waals surface area (Å²) in [7, 11) is -1.52. The summed E-state index contributed by atoms with van der Waals surface area (Å²) in [5.41, 5.74) is -1.75. The first-order valence-corrected chi connectivity index (χ1v) is 14.7. The van der Waals surface area contributed by atoms with Crippen molar-refractivity contribution in [2.45, 2.75) is 90.9 Å². The van der Waals surface area contributed by atoms with Gasteiger partial charge in [-0.25, -0.2) is 14.0 Å². The van der Waals surface area contributed by atoms with Crippen molar-refractivity contribution in [3.8, 4) is 0 Å². The summed E-state index contributed by atoms with van der Waals surface area (Å²) in [6.45, 7) is 18.7. The Kier molecular flexibility index (Phi) is 9.54. The molecule has 0 N–H and O–H groups in total. The van der Waals surface area contributed by atoms with Gasteiger partial charge in [-0.3, -0.25) is 4.79 Å². The minimum atomic E-state index is -1.89. The van der Waals surface area contributed by atoms with Crippen LogP contribution in [-0.4, -0.2) is 79.6 Å². The van der Waals surface area contributed by atoms with Gasteiger partial charge in [0, 0.05) is 26.1 Å². The SMILES string of the molecule is CC(C)(C)OC(=O)N1CCC(=CO[Si](C)(C)C)C1.CC(C)(C)OC(=O)N1CCC(F)(C=O)C1. The van der Waals surface area contributed by atoms with Crippen LogP contribution in [0.5, 0.6) is 0 Å². The number of ether oxygens (including phenoxy) is 2. The van der Waals surface area contributed by atoms with Crippen LogP contribution < -0.4 is 0 Å². The number of likely N-dealkylation sites (tertiary alicyclic amines) is 2. The quantitative estimate of drug-likeness (QED) is 0.319. The summed E-state index contributed by atoms with van der Waals surface area (Å²) in [6.07, 6.45) is 2.23.